The van der Waals surface area contributed by atoms with Crippen LogP contribution in [0.1, 0.15) is 57.2 Å². The van der Waals surface area contributed by atoms with Gasteiger partial charge in [0, 0.05) is 17.3 Å². The Bertz CT molecular complexity index is 1170. The highest BCUT2D eigenvalue weighted by molar-refractivity contribution is 7.59. The molecule has 2 aliphatic rings. The van der Waals surface area contributed by atoms with Crippen molar-refractivity contribution in [3.8, 4) is 12.8 Å². The van der Waals surface area contributed by atoms with Crippen LogP contribution in [-0.4, -0.2) is 24.0 Å². The number of fused-ring (bicyclic) bond motifs is 1. The Kier molecular flexibility index (Phi) is 22.6. The summed E-state index contributed by atoms with van der Waals surface area (Å²) in [5.41, 5.74) is 5.10. The second kappa shape index (κ2) is 23.2. The maximum atomic E-state index is 14.3. The number of rotatable bonds is 5. The molecule has 1 aliphatic heterocycles. The molecule has 1 saturated heterocycles. The van der Waals surface area contributed by atoms with Crippen LogP contribution in [0.2, 0.25) is 0 Å². The van der Waals surface area contributed by atoms with E-state index in [1.54, 1.807) is 18.2 Å². The van der Waals surface area contributed by atoms with Crippen molar-refractivity contribution in [3.05, 3.63) is 133 Å². The van der Waals surface area contributed by atoms with E-state index in [1.165, 1.54) is 29.3 Å². The molecule has 7 heteroatoms. The SMILES string of the molecule is C#C.C/C=C\C.C=C.C=C.CC1=CCC2(C)C(=C1)CCP2Cc1cccc(F)c1CNCC(F)(F)F.Cc1ccc(F)cc1. The third-order valence-corrected chi connectivity index (χ3v) is 10.2. The molecule has 1 N–H and O–H groups in total. The molecule has 4 rings (SSSR count). The van der Waals surface area contributed by atoms with E-state index in [1.807, 2.05) is 39.0 Å². The predicted molar refractivity (Wildman–Crippen MR) is 183 cm³/mol. The number of allylic oxidation sites excluding steroid dienone is 6. The molecule has 2 aromatic carbocycles. The Labute approximate surface area is 264 Å². The third-order valence-electron chi connectivity index (χ3n) is 6.81. The van der Waals surface area contributed by atoms with Crippen molar-refractivity contribution in [2.24, 2.45) is 0 Å². The first-order valence-electron chi connectivity index (χ1n) is 14.2. The van der Waals surface area contributed by atoms with Crippen LogP contribution in [0.3, 0.4) is 0 Å². The number of aryl methyl sites for hydroxylation is 1. The minimum absolute atomic E-state index is 0.0941. The Morgan fingerprint density at radius 3 is 2.02 bits per heavy atom. The molecule has 0 saturated carbocycles. The second-order valence-electron chi connectivity index (χ2n) is 9.83. The van der Waals surface area contributed by atoms with Crippen molar-refractivity contribution in [1.82, 2.24) is 5.32 Å². The molecule has 2 unspecified atom stereocenters. The summed E-state index contributed by atoms with van der Waals surface area (Å²) in [4.78, 5) is 0. The van der Waals surface area contributed by atoms with Crippen LogP contribution in [0.25, 0.3) is 0 Å². The van der Waals surface area contributed by atoms with Gasteiger partial charge in [-0.3, -0.25) is 0 Å². The molecule has 242 valence electrons. The molecule has 1 nitrogen and oxygen atoms in total. The molecule has 44 heavy (non-hydrogen) atoms. The van der Waals surface area contributed by atoms with Gasteiger partial charge in [0.2, 0.25) is 0 Å². The number of nitrogens with one attached hydrogen (secondary N) is 1. The molecular formula is C37H49F5NP. The number of alkyl halides is 3. The van der Waals surface area contributed by atoms with E-state index < -0.39 is 18.5 Å². The normalized spacial score (nSPS) is 18.0. The summed E-state index contributed by atoms with van der Waals surface area (Å²) in [5.74, 6) is -0.595. The van der Waals surface area contributed by atoms with Crippen molar-refractivity contribution >= 4 is 7.92 Å². The smallest absolute Gasteiger partial charge is 0.304 e. The van der Waals surface area contributed by atoms with Gasteiger partial charge in [0.15, 0.2) is 0 Å². The Morgan fingerprint density at radius 1 is 0.955 bits per heavy atom. The van der Waals surface area contributed by atoms with Gasteiger partial charge in [-0.1, -0.05) is 80.1 Å². The molecule has 0 aromatic heterocycles. The summed E-state index contributed by atoms with van der Waals surface area (Å²) in [6.45, 7) is 21.1. The second-order valence-corrected chi connectivity index (χ2v) is 12.7. The lowest BCUT2D eigenvalue weighted by Crippen LogP contribution is -2.29. The Balaban J connectivity index is 0. The van der Waals surface area contributed by atoms with Gasteiger partial charge in [-0.05, 0) is 76.6 Å². The van der Waals surface area contributed by atoms with Crippen LogP contribution in [0.5, 0.6) is 0 Å². The molecule has 2 aromatic rings. The Morgan fingerprint density at radius 2 is 1.52 bits per heavy atom. The van der Waals surface area contributed by atoms with Gasteiger partial charge in [0.1, 0.15) is 11.6 Å². The number of halogens is 5. The molecule has 0 amide bonds. The highest BCUT2D eigenvalue weighted by Gasteiger charge is 2.42. The molecule has 0 radical (unpaired) electrons. The summed E-state index contributed by atoms with van der Waals surface area (Å²) in [6, 6.07) is 11.3. The van der Waals surface area contributed by atoms with Crippen LogP contribution in [-0.2, 0) is 12.7 Å². The highest BCUT2D eigenvalue weighted by atomic mass is 31.1. The number of benzene rings is 2. The lowest BCUT2D eigenvalue weighted by atomic mass is 9.88. The van der Waals surface area contributed by atoms with Gasteiger partial charge in [0.05, 0.1) is 6.54 Å². The fraction of sp³-hybridized carbons (Fsp3) is 0.351. The van der Waals surface area contributed by atoms with Crippen molar-refractivity contribution in [2.45, 2.75) is 71.5 Å². The minimum Gasteiger partial charge on any atom is -0.304 e. The van der Waals surface area contributed by atoms with Crippen LogP contribution < -0.4 is 5.32 Å². The molecule has 1 fully saturated rings. The van der Waals surface area contributed by atoms with Crippen LogP contribution in [0.4, 0.5) is 22.0 Å². The first-order chi connectivity index (χ1) is 20.9. The maximum Gasteiger partial charge on any atom is 0.401 e. The quantitative estimate of drug-likeness (QED) is 0.150. The van der Waals surface area contributed by atoms with E-state index in [9.17, 15) is 22.0 Å². The monoisotopic (exact) mass is 633 g/mol. The average molecular weight is 634 g/mol. The van der Waals surface area contributed by atoms with Crippen LogP contribution >= 0.6 is 7.92 Å². The van der Waals surface area contributed by atoms with Gasteiger partial charge >= 0.3 is 6.18 Å². The molecule has 0 bridgehead atoms. The van der Waals surface area contributed by atoms with E-state index in [2.05, 4.69) is 70.5 Å². The number of hydrogen-bond donors (Lipinski definition) is 1. The number of terminal acetylenes is 1. The van der Waals surface area contributed by atoms with Crippen LogP contribution in [0, 0.1) is 31.4 Å². The molecule has 1 heterocycles. The number of hydrogen-bond acceptors (Lipinski definition) is 1. The summed E-state index contributed by atoms with van der Waals surface area (Å²) >= 11 is 0. The van der Waals surface area contributed by atoms with Gasteiger partial charge in [-0.2, -0.15) is 13.2 Å². The molecule has 0 spiro atoms. The van der Waals surface area contributed by atoms with Crippen molar-refractivity contribution in [1.29, 1.82) is 0 Å². The lowest BCUT2D eigenvalue weighted by Gasteiger charge is -2.35. The van der Waals surface area contributed by atoms with Gasteiger partial charge in [-0.15, -0.1) is 39.2 Å². The molecule has 1 aliphatic carbocycles. The van der Waals surface area contributed by atoms with E-state index in [0.29, 0.717) is 5.56 Å². The summed E-state index contributed by atoms with van der Waals surface area (Å²) in [5, 5.41) is 2.48. The van der Waals surface area contributed by atoms with Gasteiger partial charge < -0.3 is 5.32 Å². The highest BCUT2D eigenvalue weighted by Crippen LogP contribution is 2.65. The van der Waals surface area contributed by atoms with E-state index in [4.69, 9.17) is 0 Å². The molecule has 2 atom stereocenters. The molecular weight excluding hydrogens is 584 g/mol. The standard InChI is InChI=1S/C20H24F4NP.C7H7F.C4H8.2C2H4.C2H2/c1-14-6-8-19(2)16(10-14)7-9-26(19)12-15-4-3-5-18(21)17(15)11-25-13-20(22,23)24;1-6-2-4-7(8)5-3-6;1-3-4-2;3*1-2/h3-6,10,25H,7-9,11-13H2,1-2H3;2-5H,1H3;3-4H,1-2H3;2*1-2H2;1-2H/b;;4-3-;;;. The zero-order chi connectivity index (χ0) is 34.3. The van der Waals surface area contributed by atoms with Crippen molar-refractivity contribution in [3.63, 3.8) is 0 Å². The van der Waals surface area contributed by atoms with E-state index in [-0.39, 0.29) is 25.4 Å². The predicted octanol–water partition coefficient (Wildman–Crippen LogP) is 11.5. The zero-order valence-electron chi connectivity index (χ0n) is 26.9. The van der Waals surface area contributed by atoms with Gasteiger partial charge in [0.25, 0.3) is 0 Å². The summed E-state index contributed by atoms with van der Waals surface area (Å²) < 4.78 is 63.5. The average Bonchev–Trinajstić information content (AvgIpc) is 3.34. The van der Waals surface area contributed by atoms with Crippen molar-refractivity contribution < 1.29 is 22.0 Å². The first-order valence-corrected chi connectivity index (χ1v) is 15.9. The fourth-order valence-corrected chi connectivity index (χ4v) is 7.58. The van der Waals surface area contributed by atoms with Gasteiger partial charge in [-0.25, -0.2) is 8.78 Å². The van der Waals surface area contributed by atoms with E-state index in [0.717, 1.165) is 36.3 Å². The third kappa shape index (κ3) is 15.5. The largest absolute Gasteiger partial charge is 0.401 e. The van der Waals surface area contributed by atoms with E-state index >= 15 is 0 Å². The van der Waals surface area contributed by atoms with Crippen LogP contribution in [0.15, 0.2) is 104 Å². The maximum absolute atomic E-state index is 14.3. The first kappa shape index (κ1) is 42.9. The fourth-order valence-electron chi connectivity index (χ4n) is 4.43. The summed E-state index contributed by atoms with van der Waals surface area (Å²) in [6.07, 6.45) is 16.2. The summed E-state index contributed by atoms with van der Waals surface area (Å²) in [7, 11) is -0.376. The Hall–Kier alpha value is -3.26. The minimum atomic E-state index is -4.29. The van der Waals surface area contributed by atoms with Crippen molar-refractivity contribution in [2.75, 3.05) is 12.7 Å². The topological polar surface area (TPSA) is 12.0 Å². The lowest BCUT2D eigenvalue weighted by molar-refractivity contribution is -0.125. The zero-order valence-corrected chi connectivity index (χ0v) is 27.8.